The molecule has 1 heterocycles. The molecule has 0 amide bonds. The first-order chi connectivity index (χ1) is 6.81. The smallest absolute Gasteiger partial charge is 0.254 e. The molecule has 76 valence electrons. The van der Waals surface area contributed by atoms with Crippen LogP contribution >= 0.6 is 0 Å². The number of H-pyrrole nitrogens is 1. The number of rotatable bonds is 1. The molecule has 0 aromatic carbocycles. The molecule has 0 aliphatic heterocycles. The number of hydrogen-bond donors (Lipinski definition) is 2. The van der Waals surface area contributed by atoms with Crippen LogP contribution in [-0.4, -0.2) is 9.97 Å². The highest BCUT2D eigenvalue weighted by molar-refractivity contribution is 5.19. The lowest BCUT2D eigenvalue weighted by Gasteiger charge is -2.05. The fourth-order valence-electron chi connectivity index (χ4n) is 1.93. The monoisotopic (exact) mass is 193 g/mol. The van der Waals surface area contributed by atoms with Gasteiger partial charge in [-0.2, -0.15) is 0 Å². The van der Waals surface area contributed by atoms with Crippen LogP contribution in [0.4, 0.5) is 0 Å². The number of hydrogen-bond acceptors (Lipinski definition) is 3. The van der Waals surface area contributed by atoms with Crippen LogP contribution in [0.1, 0.15) is 36.3 Å². The van der Waals surface area contributed by atoms with E-state index in [-0.39, 0.29) is 5.56 Å². The van der Waals surface area contributed by atoms with Crippen molar-refractivity contribution in [3.63, 3.8) is 0 Å². The molecule has 0 spiro atoms. The van der Waals surface area contributed by atoms with Crippen molar-refractivity contribution in [2.45, 2.75) is 38.6 Å². The van der Waals surface area contributed by atoms with Crippen molar-refractivity contribution in [2.75, 3.05) is 0 Å². The summed E-state index contributed by atoms with van der Waals surface area (Å²) in [4.78, 5) is 18.7. The molecule has 0 fully saturated rings. The molecule has 4 nitrogen and oxygen atoms in total. The van der Waals surface area contributed by atoms with Crippen LogP contribution < -0.4 is 11.3 Å². The van der Waals surface area contributed by atoms with Gasteiger partial charge >= 0.3 is 0 Å². The first kappa shape index (κ1) is 9.40. The van der Waals surface area contributed by atoms with E-state index in [2.05, 4.69) is 9.97 Å². The summed E-state index contributed by atoms with van der Waals surface area (Å²) >= 11 is 0. The number of aromatic nitrogens is 2. The van der Waals surface area contributed by atoms with Gasteiger partial charge in [-0.05, 0) is 25.7 Å². The molecule has 3 N–H and O–H groups in total. The Bertz CT molecular complexity index is 383. The Labute approximate surface area is 82.6 Å². The van der Waals surface area contributed by atoms with Gasteiger partial charge in [-0.25, -0.2) is 4.98 Å². The molecule has 0 radical (unpaired) electrons. The Morgan fingerprint density at radius 2 is 2.07 bits per heavy atom. The zero-order chi connectivity index (χ0) is 9.97. The first-order valence-electron chi connectivity index (χ1n) is 5.12. The third-order valence-electron chi connectivity index (χ3n) is 2.68. The fraction of sp³-hybridized carbons (Fsp3) is 0.600. The Balaban J connectivity index is 2.48. The molecule has 1 aliphatic carbocycles. The molecule has 1 aliphatic rings. The van der Waals surface area contributed by atoms with Gasteiger partial charge in [-0.15, -0.1) is 0 Å². The molecule has 0 bridgehead atoms. The average Bonchev–Trinajstić information content (AvgIpc) is 2.42. The minimum absolute atomic E-state index is 0.0114. The summed E-state index contributed by atoms with van der Waals surface area (Å²) < 4.78 is 0. The van der Waals surface area contributed by atoms with Gasteiger partial charge in [-0.3, -0.25) is 4.79 Å². The van der Waals surface area contributed by atoms with Crippen molar-refractivity contribution >= 4 is 0 Å². The third-order valence-corrected chi connectivity index (χ3v) is 2.68. The molecule has 0 saturated carbocycles. The van der Waals surface area contributed by atoms with Crippen molar-refractivity contribution in [1.82, 2.24) is 9.97 Å². The second kappa shape index (κ2) is 3.92. The Morgan fingerprint density at radius 3 is 2.86 bits per heavy atom. The van der Waals surface area contributed by atoms with Crippen LogP contribution in [0.25, 0.3) is 0 Å². The second-order valence-corrected chi connectivity index (χ2v) is 3.70. The molecule has 1 aromatic heterocycles. The lowest BCUT2D eigenvalue weighted by molar-refractivity contribution is 0.707. The van der Waals surface area contributed by atoms with E-state index in [0.717, 1.165) is 36.9 Å². The van der Waals surface area contributed by atoms with Crippen molar-refractivity contribution in [3.05, 3.63) is 27.4 Å². The van der Waals surface area contributed by atoms with Gasteiger partial charge in [0.25, 0.3) is 5.56 Å². The zero-order valence-electron chi connectivity index (χ0n) is 8.18. The SMILES string of the molecule is NCc1nc2c(c(=O)[nH]1)CCCCC2. The summed E-state index contributed by atoms with van der Waals surface area (Å²) in [5, 5.41) is 0. The highest BCUT2D eigenvalue weighted by Gasteiger charge is 2.13. The molecule has 1 aromatic rings. The average molecular weight is 193 g/mol. The zero-order valence-corrected chi connectivity index (χ0v) is 8.18. The van der Waals surface area contributed by atoms with Crippen LogP contribution in [0.15, 0.2) is 4.79 Å². The van der Waals surface area contributed by atoms with Gasteiger partial charge in [0.05, 0.1) is 12.2 Å². The minimum Gasteiger partial charge on any atom is -0.324 e. The van der Waals surface area contributed by atoms with Crippen LogP contribution in [0, 0.1) is 0 Å². The number of fused-ring (bicyclic) bond motifs is 1. The predicted molar refractivity (Wildman–Crippen MR) is 54.0 cm³/mol. The summed E-state index contributed by atoms with van der Waals surface area (Å²) in [5.41, 5.74) is 7.31. The molecular formula is C10H15N3O. The number of nitrogens with one attached hydrogen (secondary N) is 1. The minimum atomic E-state index is 0.0114. The molecule has 4 heteroatoms. The molecule has 0 atom stereocenters. The molecule has 0 saturated heterocycles. The summed E-state index contributed by atoms with van der Waals surface area (Å²) in [6.45, 7) is 0.308. The molecular weight excluding hydrogens is 178 g/mol. The van der Waals surface area contributed by atoms with Gasteiger partial charge in [0.2, 0.25) is 0 Å². The summed E-state index contributed by atoms with van der Waals surface area (Å²) in [6.07, 6.45) is 5.20. The van der Waals surface area contributed by atoms with Crippen LogP contribution in [0.5, 0.6) is 0 Å². The molecule has 0 unspecified atom stereocenters. The van der Waals surface area contributed by atoms with Gasteiger partial charge < -0.3 is 10.7 Å². The van der Waals surface area contributed by atoms with Crippen molar-refractivity contribution in [2.24, 2.45) is 5.73 Å². The maximum absolute atomic E-state index is 11.6. The third kappa shape index (κ3) is 1.70. The normalized spacial score (nSPS) is 16.1. The van der Waals surface area contributed by atoms with E-state index in [4.69, 9.17) is 5.73 Å². The largest absolute Gasteiger partial charge is 0.324 e. The van der Waals surface area contributed by atoms with Crippen molar-refractivity contribution < 1.29 is 0 Å². The van der Waals surface area contributed by atoms with E-state index in [1.807, 2.05) is 0 Å². The maximum atomic E-state index is 11.6. The van der Waals surface area contributed by atoms with Gasteiger partial charge in [-0.1, -0.05) is 6.42 Å². The predicted octanol–water partition coefficient (Wildman–Crippen LogP) is 0.497. The van der Waals surface area contributed by atoms with E-state index in [1.54, 1.807) is 0 Å². The van der Waals surface area contributed by atoms with Gasteiger partial charge in [0, 0.05) is 5.56 Å². The topological polar surface area (TPSA) is 71.8 Å². The summed E-state index contributed by atoms with van der Waals surface area (Å²) in [5.74, 6) is 0.607. The standard InChI is InChI=1S/C10H15N3O/c11-6-9-12-8-5-3-1-2-4-7(8)10(14)13-9/h1-6,11H2,(H,12,13,14). The Morgan fingerprint density at radius 1 is 1.29 bits per heavy atom. The maximum Gasteiger partial charge on any atom is 0.254 e. The first-order valence-corrected chi connectivity index (χ1v) is 5.12. The highest BCUT2D eigenvalue weighted by atomic mass is 16.1. The van der Waals surface area contributed by atoms with Crippen LogP contribution in [0.3, 0.4) is 0 Å². The molecule has 2 rings (SSSR count). The quantitative estimate of drug-likeness (QED) is 0.638. The van der Waals surface area contributed by atoms with Gasteiger partial charge in [0.1, 0.15) is 5.82 Å². The fourth-order valence-corrected chi connectivity index (χ4v) is 1.93. The van der Waals surface area contributed by atoms with Crippen LogP contribution in [-0.2, 0) is 19.4 Å². The summed E-state index contributed by atoms with van der Waals surface area (Å²) in [6, 6.07) is 0. The second-order valence-electron chi connectivity index (χ2n) is 3.70. The van der Waals surface area contributed by atoms with E-state index < -0.39 is 0 Å². The number of aryl methyl sites for hydroxylation is 1. The summed E-state index contributed by atoms with van der Waals surface area (Å²) in [7, 11) is 0. The van der Waals surface area contributed by atoms with Crippen LogP contribution in [0.2, 0.25) is 0 Å². The van der Waals surface area contributed by atoms with Crippen molar-refractivity contribution in [3.8, 4) is 0 Å². The number of nitrogens with zero attached hydrogens (tertiary/aromatic N) is 1. The van der Waals surface area contributed by atoms with Gasteiger partial charge in [0.15, 0.2) is 0 Å². The number of aromatic amines is 1. The lowest BCUT2D eigenvalue weighted by atomic mass is 10.1. The lowest BCUT2D eigenvalue weighted by Crippen LogP contribution is -2.21. The van der Waals surface area contributed by atoms with E-state index in [1.165, 1.54) is 6.42 Å². The Hall–Kier alpha value is -1.16. The number of nitrogens with two attached hydrogens (primary N) is 1. The highest BCUT2D eigenvalue weighted by Crippen LogP contribution is 2.15. The van der Waals surface area contributed by atoms with Crippen molar-refractivity contribution in [1.29, 1.82) is 0 Å². The van der Waals surface area contributed by atoms with E-state index >= 15 is 0 Å². The van der Waals surface area contributed by atoms with E-state index in [9.17, 15) is 4.79 Å². The van der Waals surface area contributed by atoms with E-state index in [0.29, 0.717) is 12.4 Å². The Kier molecular flexibility index (Phi) is 2.63. The molecule has 14 heavy (non-hydrogen) atoms.